The second-order valence-electron chi connectivity index (χ2n) is 5.61. The smallest absolute Gasteiger partial charge is 0.333 e. The molecule has 4 heteroatoms. The van der Waals surface area contributed by atoms with Gasteiger partial charge in [0.25, 0.3) is 0 Å². The van der Waals surface area contributed by atoms with Gasteiger partial charge in [0.05, 0.1) is 6.61 Å². The summed E-state index contributed by atoms with van der Waals surface area (Å²) in [4.78, 5) is 11.4. The average Bonchev–Trinajstić information content (AvgIpc) is 2.59. The molecule has 0 heterocycles. The van der Waals surface area contributed by atoms with Crippen molar-refractivity contribution in [1.82, 2.24) is 0 Å². The van der Waals surface area contributed by atoms with Crippen LogP contribution >= 0.6 is 11.6 Å². The topological polar surface area (TPSA) is 52.3 Å². The van der Waals surface area contributed by atoms with Crippen molar-refractivity contribution in [3.05, 3.63) is 69.8 Å². The number of rotatable bonds is 4. The van der Waals surface area contributed by atoms with Crippen molar-refractivity contribution in [3.8, 4) is 0 Å². The van der Waals surface area contributed by atoms with Gasteiger partial charge < -0.3 is 10.5 Å². The molecule has 0 aliphatic rings. The van der Waals surface area contributed by atoms with Gasteiger partial charge in [-0.25, -0.2) is 4.79 Å². The number of hydrogen-bond donors (Lipinski definition) is 1. The molecule has 0 amide bonds. The fraction of sp³-hybridized carbons (Fsp3) is 0.286. The number of carbonyl (C=O) groups is 1. The fourth-order valence-electron chi connectivity index (χ4n) is 2.18. The second-order valence-corrected chi connectivity index (χ2v) is 6.05. The zero-order valence-corrected chi connectivity index (χ0v) is 16.1. The highest BCUT2D eigenvalue weighted by atomic mass is 35.5. The third kappa shape index (κ3) is 7.02. The average molecular weight is 360 g/mol. The summed E-state index contributed by atoms with van der Waals surface area (Å²) >= 11 is 5.72. The molecule has 134 valence electrons. The summed E-state index contributed by atoms with van der Waals surface area (Å²) in [6.45, 7) is 7.97. The van der Waals surface area contributed by atoms with Crippen LogP contribution in [0.15, 0.2) is 48.0 Å². The molecule has 3 nitrogen and oxygen atoms in total. The highest BCUT2D eigenvalue weighted by Gasteiger charge is 2.07. The van der Waals surface area contributed by atoms with Crippen LogP contribution in [-0.2, 0) is 16.0 Å². The minimum atomic E-state index is -0.301. The number of aryl methyl sites for hydroxylation is 2. The van der Waals surface area contributed by atoms with Crippen LogP contribution < -0.4 is 5.73 Å². The van der Waals surface area contributed by atoms with E-state index in [4.69, 9.17) is 22.1 Å². The van der Waals surface area contributed by atoms with Gasteiger partial charge in [-0.2, -0.15) is 0 Å². The van der Waals surface area contributed by atoms with Crippen LogP contribution in [0.5, 0.6) is 0 Å². The Hall–Kier alpha value is -2.26. The summed E-state index contributed by atoms with van der Waals surface area (Å²) in [5, 5.41) is 0.828. The minimum Gasteiger partial charge on any atom is -0.463 e. The number of halogens is 1. The zero-order chi connectivity index (χ0) is 18.8. The fourth-order valence-corrected chi connectivity index (χ4v) is 2.39. The summed E-state index contributed by atoms with van der Waals surface area (Å²) in [7, 11) is 0. The summed E-state index contributed by atoms with van der Waals surface area (Å²) in [5.74, 6) is -0.301. The molecule has 2 aromatic carbocycles. The van der Waals surface area contributed by atoms with Crippen LogP contribution in [0.1, 0.15) is 37.5 Å². The van der Waals surface area contributed by atoms with E-state index < -0.39 is 0 Å². The van der Waals surface area contributed by atoms with Crippen molar-refractivity contribution >= 4 is 29.3 Å². The summed E-state index contributed by atoms with van der Waals surface area (Å²) in [6.07, 6.45) is 2.82. The lowest BCUT2D eigenvalue weighted by Crippen LogP contribution is -2.05. The van der Waals surface area contributed by atoms with Gasteiger partial charge in [-0.1, -0.05) is 42.8 Å². The van der Waals surface area contributed by atoms with Crippen molar-refractivity contribution < 1.29 is 9.53 Å². The maximum Gasteiger partial charge on any atom is 0.333 e. The Morgan fingerprint density at radius 1 is 1.20 bits per heavy atom. The number of carbonyl (C=O) groups excluding carboxylic acids is 1. The molecule has 0 aliphatic heterocycles. The monoisotopic (exact) mass is 359 g/mol. The molecule has 2 aromatic rings. The lowest BCUT2D eigenvalue weighted by Gasteiger charge is -2.06. The molecule has 0 bridgehead atoms. The first kappa shape index (κ1) is 20.8. The van der Waals surface area contributed by atoms with Crippen LogP contribution in [-0.4, -0.2) is 12.6 Å². The molecule has 0 radical (unpaired) electrons. The number of ether oxygens (including phenoxy) is 1. The lowest BCUT2D eigenvalue weighted by atomic mass is 10.0. The first-order chi connectivity index (χ1) is 11.9. The van der Waals surface area contributed by atoms with E-state index in [0.29, 0.717) is 17.9 Å². The van der Waals surface area contributed by atoms with Crippen molar-refractivity contribution in [1.29, 1.82) is 0 Å². The number of esters is 1. The third-order valence-corrected chi connectivity index (χ3v) is 3.85. The molecular formula is C21H26ClNO2. The molecular weight excluding hydrogens is 334 g/mol. The standard InChI is InChI=1S/C13H17NO2.C8H9Cl/c1-4-16-13(15)10(3)8-11-9(2)6-5-7-12(11)14;1-2-7-4-3-5-8(9)6-7/h5-8H,4,14H2,1-3H3;3-6H,2H2,1H3/b10-8+;. The van der Waals surface area contributed by atoms with Crippen LogP contribution in [0, 0.1) is 6.92 Å². The summed E-state index contributed by atoms with van der Waals surface area (Å²) < 4.78 is 4.91. The molecule has 0 saturated heterocycles. The molecule has 0 saturated carbocycles. The Morgan fingerprint density at radius 3 is 2.40 bits per heavy atom. The minimum absolute atomic E-state index is 0.301. The normalized spacial score (nSPS) is 10.7. The first-order valence-electron chi connectivity index (χ1n) is 8.34. The Morgan fingerprint density at radius 2 is 1.88 bits per heavy atom. The molecule has 25 heavy (non-hydrogen) atoms. The van der Waals surface area contributed by atoms with Gasteiger partial charge in [0.15, 0.2) is 0 Å². The molecule has 2 N–H and O–H groups in total. The number of nitrogen functional groups attached to an aromatic ring is 1. The number of hydrogen-bond acceptors (Lipinski definition) is 3. The van der Waals surface area contributed by atoms with Gasteiger partial charge in [-0.05, 0) is 62.6 Å². The zero-order valence-electron chi connectivity index (χ0n) is 15.3. The molecule has 0 fully saturated rings. The number of nitrogens with two attached hydrogens (primary N) is 1. The predicted molar refractivity (Wildman–Crippen MR) is 107 cm³/mol. The Bertz CT molecular complexity index is 718. The van der Waals surface area contributed by atoms with Crippen molar-refractivity contribution in [2.75, 3.05) is 12.3 Å². The SMILES string of the molecule is CCOC(=O)/C(C)=C/c1c(C)cccc1N.CCc1cccc(Cl)c1. The van der Waals surface area contributed by atoms with E-state index in [2.05, 4.69) is 13.0 Å². The van der Waals surface area contributed by atoms with Gasteiger partial charge in [0.1, 0.15) is 0 Å². The van der Waals surface area contributed by atoms with Gasteiger partial charge >= 0.3 is 5.97 Å². The van der Waals surface area contributed by atoms with E-state index in [1.165, 1.54) is 5.56 Å². The summed E-state index contributed by atoms with van der Waals surface area (Å²) in [6, 6.07) is 13.6. The first-order valence-corrected chi connectivity index (χ1v) is 8.71. The molecule has 2 rings (SSSR count). The van der Waals surface area contributed by atoms with Crippen molar-refractivity contribution in [2.24, 2.45) is 0 Å². The van der Waals surface area contributed by atoms with Crippen molar-refractivity contribution in [3.63, 3.8) is 0 Å². The number of benzene rings is 2. The van der Waals surface area contributed by atoms with Crippen LogP contribution in [0.4, 0.5) is 5.69 Å². The molecule has 0 unspecified atom stereocenters. The summed E-state index contributed by atoms with van der Waals surface area (Å²) in [5.41, 5.74) is 10.3. The van der Waals surface area contributed by atoms with Gasteiger partial charge in [-0.15, -0.1) is 0 Å². The van der Waals surface area contributed by atoms with Crippen LogP contribution in [0.2, 0.25) is 5.02 Å². The molecule has 0 atom stereocenters. The Labute approximate surface area is 155 Å². The van der Waals surface area contributed by atoms with E-state index >= 15 is 0 Å². The molecule has 0 spiro atoms. The van der Waals surface area contributed by atoms with E-state index in [9.17, 15) is 4.79 Å². The van der Waals surface area contributed by atoms with Gasteiger partial charge in [0, 0.05) is 21.8 Å². The van der Waals surface area contributed by atoms with Gasteiger partial charge in [0.2, 0.25) is 0 Å². The second kappa shape index (κ2) is 10.6. The molecule has 0 aromatic heterocycles. The maximum atomic E-state index is 11.4. The molecule has 0 aliphatic carbocycles. The highest BCUT2D eigenvalue weighted by molar-refractivity contribution is 6.30. The van der Waals surface area contributed by atoms with Gasteiger partial charge in [-0.3, -0.25) is 0 Å². The van der Waals surface area contributed by atoms with E-state index in [-0.39, 0.29) is 5.97 Å². The largest absolute Gasteiger partial charge is 0.463 e. The van der Waals surface area contributed by atoms with E-state index in [1.54, 1.807) is 19.9 Å². The van der Waals surface area contributed by atoms with E-state index in [1.807, 2.05) is 43.3 Å². The van der Waals surface area contributed by atoms with Crippen LogP contribution in [0.3, 0.4) is 0 Å². The van der Waals surface area contributed by atoms with Crippen LogP contribution in [0.25, 0.3) is 6.08 Å². The highest BCUT2D eigenvalue weighted by Crippen LogP contribution is 2.20. The van der Waals surface area contributed by atoms with E-state index in [0.717, 1.165) is 22.6 Å². The maximum absolute atomic E-state index is 11.4. The van der Waals surface area contributed by atoms with Crippen molar-refractivity contribution in [2.45, 2.75) is 34.1 Å². The Balaban J connectivity index is 0.000000293. The quantitative estimate of drug-likeness (QED) is 0.449. The third-order valence-electron chi connectivity index (χ3n) is 3.61. The lowest BCUT2D eigenvalue weighted by molar-refractivity contribution is -0.138. The Kier molecular flexibility index (Phi) is 8.79. The number of anilines is 1. The predicted octanol–water partition coefficient (Wildman–Crippen LogP) is 5.45.